The second-order valence-corrected chi connectivity index (χ2v) is 6.03. The molecule has 1 aromatic rings. The molecule has 2 unspecified atom stereocenters. The average molecular weight is 258 g/mol. The minimum Gasteiger partial charge on any atom is -0.373 e. The van der Waals surface area contributed by atoms with Crippen LogP contribution in [0, 0.1) is 5.92 Å². The Bertz CT molecular complexity index is 485. The van der Waals surface area contributed by atoms with Gasteiger partial charge in [0.15, 0.2) is 0 Å². The number of benzene rings is 1. The fraction of sp³-hybridized carbons (Fsp3) is 0.562. The molecule has 0 aromatic heterocycles. The number of likely N-dealkylation sites (tertiary alicyclic amines) is 1. The summed E-state index contributed by atoms with van der Waals surface area (Å²) in [6, 6.07) is 8.18. The molecule has 19 heavy (non-hydrogen) atoms. The number of anilines is 1. The summed E-state index contributed by atoms with van der Waals surface area (Å²) in [6.45, 7) is 6.22. The van der Waals surface area contributed by atoms with Gasteiger partial charge in [-0.3, -0.25) is 4.79 Å². The smallest absolute Gasteiger partial charge is 0.245 e. The number of rotatable bonds is 1. The van der Waals surface area contributed by atoms with Crippen molar-refractivity contribution in [1.82, 2.24) is 4.90 Å². The Morgan fingerprint density at radius 2 is 2.11 bits per heavy atom. The third kappa shape index (κ3) is 2.22. The molecule has 1 saturated heterocycles. The van der Waals surface area contributed by atoms with Crippen LogP contribution in [0.4, 0.5) is 5.69 Å². The van der Waals surface area contributed by atoms with E-state index in [1.807, 2.05) is 17.0 Å². The van der Waals surface area contributed by atoms with E-state index < -0.39 is 0 Å². The normalized spacial score (nSPS) is 29.8. The summed E-state index contributed by atoms with van der Waals surface area (Å²) < 4.78 is 0. The SMILES string of the molecule is CC1c2ccccc2NC1C(=O)N1CCC[C@H](C)C1. The van der Waals surface area contributed by atoms with Crippen molar-refractivity contribution in [3.63, 3.8) is 0 Å². The fourth-order valence-corrected chi connectivity index (χ4v) is 3.36. The monoisotopic (exact) mass is 258 g/mol. The van der Waals surface area contributed by atoms with Crippen LogP contribution in [-0.2, 0) is 4.79 Å². The summed E-state index contributed by atoms with van der Waals surface area (Å²) in [5.74, 6) is 1.17. The molecule has 3 heteroatoms. The van der Waals surface area contributed by atoms with Crippen LogP contribution < -0.4 is 5.32 Å². The van der Waals surface area contributed by atoms with Crippen LogP contribution in [0.3, 0.4) is 0 Å². The third-order valence-electron chi connectivity index (χ3n) is 4.50. The first kappa shape index (κ1) is 12.5. The average Bonchev–Trinajstić information content (AvgIpc) is 2.76. The molecule has 1 aromatic carbocycles. The zero-order valence-corrected chi connectivity index (χ0v) is 11.7. The van der Waals surface area contributed by atoms with Crippen molar-refractivity contribution in [2.45, 2.75) is 38.6 Å². The molecule has 0 bridgehead atoms. The summed E-state index contributed by atoms with van der Waals surface area (Å²) in [4.78, 5) is 14.7. The van der Waals surface area contributed by atoms with E-state index in [9.17, 15) is 4.79 Å². The summed E-state index contributed by atoms with van der Waals surface area (Å²) in [7, 11) is 0. The highest BCUT2D eigenvalue weighted by Gasteiger charge is 2.36. The van der Waals surface area contributed by atoms with Crippen LogP contribution in [0.15, 0.2) is 24.3 Å². The minimum atomic E-state index is -0.0808. The van der Waals surface area contributed by atoms with Crippen molar-refractivity contribution in [2.24, 2.45) is 5.92 Å². The molecular formula is C16H22N2O. The van der Waals surface area contributed by atoms with Gasteiger partial charge < -0.3 is 10.2 Å². The lowest BCUT2D eigenvalue weighted by Gasteiger charge is -2.33. The van der Waals surface area contributed by atoms with E-state index in [-0.39, 0.29) is 17.9 Å². The maximum Gasteiger partial charge on any atom is 0.245 e. The fourth-order valence-electron chi connectivity index (χ4n) is 3.36. The Morgan fingerprint density at radius 1 is 1.32 bits per heavy atom. The first-order valence-electron chi connectivity index (χ1n) is 7.31. The van der Waals surface area contributed by atoms with Gasteiger partial charge in [-0.05, 0) is 30.4 Å². The molecule has 1 fully saturated rings. The topological polar surface area (TPSA) is 32.3 Å². The molecule has 1 amide bonds. The number of fused-ring (bicyclic) bond motifs is 1. The second-order valence-electron chi connectivity index (χ2n) is 6.03. The van der Waals surface area contributed by atoms with Gasteiger partial charge in [-0.1, -0.05) is 32.0 Å². The summed E-state index contributed by atoms with van der Waals surface area (Å²) in [5, 5.41) is 3.40. The van der Waals surface area contributed by atoms with E-state index in [0.29, 0.717) is 5.92 Å². The Balaban J connectivity index is 1.76. The van der Waals surface area contributed by atoms with E-state index in [2.05, 4.69) is 31.3 Å². The molecule has 1 N–H and O–H groups in total. The number of para-hydroxylation sites is 1. The van der Waals surface area contributed by atoms with Crippen LogP contribution in [-0.4, -0.2) is 29.9 Å². The Hall–Kier alpha value is -1.51. The van der Waals surface area contributed by atoms with Crippen LogP contribution in [0.1, 0.15) is 38.2 Å². The van der Waals surface area contributed by atoms with E-state index in [1.54, 1.807) is 0 Å². The maximum atomic E-state index is 12.7. The number of amides is 1. The lowest BCUT2D eigenvalue weighted by molar-refractivity contribution is -0.134. The molecule has 0 spiro atoms. The van der Waals surface area contributed by atoms with Gasteiger partial charge >= 0.3 is 0 Å². The molecular weight excluding hydrogens is 236 g/mol. The van der Waals surface area contributed by atoms with Crippen LogP contribution in [0.25, 0.3) is 0 Å². The van der Waals surface area contributed by atoms with Crippen molar-refractivity contribution in [2.75, 3.05) is 18.4 Å². The molecule has 0 saturated carbocycles. The molecule has 2 aliphatic rings. The summed E-state index contributed by atoms with van der Waals surface area (Å²) in [5.41, 5.74) is 2.39. The maximum absolute atomic E-state index is 12.7. The number of hydrogen-bond donors (Lipinski definition) is 1. The largest absolute Gasteiger partial charge is 0.373 e. The highest BCUT2D eigenvalue weighted by molar-refractivity contribution is 5.88. The number of nitrogens with zero attached hydrogens (tertiary/aromatic N) is 1. The Kier molecular flexibility index (Phi) is 3.21. The first-order valence-corrected chi connectivity index (χ1v) is 7.31. The van der Waals surface area contributed by atoms with E-state index in [4.69, 9.17) is 0 Å². The van der Waals surface area contributed by atoms with Crippen LogP contribution in [0.2, 0.25) is 0 Å². The van der Waals surface area contributed by atoms with Gasteiger partial charge in [-0.15, -0.1) is 0 Å². The lowest BCUT2D eigenvalue weighted by atomic mass is 9.94. The highest BCUT2D eigenvalue weighted by Crippen LogP contribution is 2.36. The lowest BCUT2D eigenvalue weighted by Crippen LogP contribution is -2.47. The number of hydrogen-bond acceptors (Lipinski definition) is 2. The molecule has 3 rings (SSSR count). The number of carbonyl (C=O) groups is 1. The molecule has 3 atom stereocenters. The zero-order valence-electron chi connectivity index (χ0n) is 11.7. The van der Waals surface area contributed by atoms with Gasteiger partial charge in [0.1, 0.15) is 6.04 Å². The van der Waals surface area contributed by atoms with Gasteiger partial charge in [0.05, 0.1) is 0 Å². The highest BCUT2D eigenvalue weighted by atomic mass is 16.2. The second kappa shape index (κ2) is 4.87. The van der Waals surface area contributed by atoms with Gasteiger partial charge in [0.25, 0.3) is 0 Å². The van der Waals surface area contributed by atoms with Gasteiger partial charge in [0, 0.05) is 24.7 Å². The van der Waals surface area contributed by atoms with Gasteiger partial charge in [-0.2, -0.15) is 0 Å². The van der Waals surface area contributed by atoms with Gasteiger partial charge in [-0.25, -0.2) is 0 Å². The minimum absolute atomic E-state index is 0.0808. The molecule has 102 valence electrons. The molecule has 0 aliphatic carbocycles. The zero-order chi connectivity index (χ0) is 13.4. The van der Waals surface area contributed by atoms with Crippen molar-refractivity contribution in [3.8, 4) is 0 Å². The summed E-state index contributed by atoms with van der Waals surface area (Å²) in [6.07, 6.45) is 2.39. The Morgan fingerprint density at radius 3 is 2.84 bits per heavy atom. The number of carbonyl (C=O) groups excluding carboxylic acids is 1. The van der Waals surface area contributed by atoms with E-state index in [1.165, 1.54) is 12.0 Å². The van der Waals surface area contributed by atoms with Crippen LogP contribution in [0.5, 0.6) is 0 Å². The van der Waals surface area contributed by atoms with E-state index >= 15 is 0 Å². The first-order chi connectivity index (χ1) is 9.16. The standard InChI is InChI=1S/C16H22N2O/c1-11-6-5-9-18(10-11)16(19)15-12(2)13-7-3-4-8-14(13)17-15/h3-4,7-8,11-12,15,17H,5-6,9-10H2,1-2H3/t11-,12?,15?/m0/s1. The predicted octanol–water partition coefficient (Wildman–Crippen LogP) is 2.84. The number of nitrogens with one attached hydrogen (secondary N) is 1. The molecule has 3 nitrogen and oxygen atoms in total. The third-order valence-corrected chi connectivity index (χ3v) is 4.50. The molecule has 2 aliphatic heterocycles. The van der Waals surface area contributed by atoms with Crippen LogP contribution >= 0.6 is 0 Å². The van der Waals surface area contributed by atoms with Crippen molar-refractivity contribution in [1.29, 1.82) is 0 Å². The molecule has 0 radical (unpaired) electrons. The van der Waals surface area contributed by atoms with Gasteiger partial charge in [0.2, 0.25) is 5.91 Å². The quantitative estimate of drug-likeness (QED) is 0.840. The number of piperidine rings is 1. The predicted molar refractivity (Wildman–Crippen MR) is 77.2 cm³/mol. The summed E-state index contributed by atoms with van der Waals surface area (Å²) >= 11 is 0. The molecule has 2 heterocycles. The van der Waals surface area contributed by atoms with Crippen molar-refractivity contribution < 1.29 is 4.79 Å². The van der Waals surface area contributed by atoms with Crippen molar-refractivity contribution in [3.05, 3.63) is 29.8 Å². The van der Waals surface area contributed by atoms with Crippen molar-refractivity contribution >= 4 is 11.6 Å². The van der Waals surface area contributed by atoms with E-state index in [0.717, 1.165) is 25.2 Å². The Labute approximate surface area is 115 Å².